The average Bonchev–Trinajstić information content (AvgIpc) is 2.47. The Labute approximate surface area is 99.6 Å². The van der Waals surface area contributed by atoms with Crippen LogP contribution >= 0.6 is 34.8 Å². The maximum atomic E-state index is 5.82. The highest BCUT2D eigenvalue weighted by Crippen LogP contribution is 2.35. The lowest BCUT2D eigenvalue weighted by Crippen LogP contribution is -2.45. The van der Waals surface area contributed by atoms with Crippen molar-refractivity contribution in [1.29, 1.82) is 0 Å². The van der Waals surface area contributed by atoms with Crippen molar-refractivity contribution in [2.24, 2.45) is 5.10 Å². The molecule has 0 radical (unpaired) electrons. The van der Waals surface area contributed by atoms with Gasteiger partial charge in [0, 0.05) is 6.54 Å². The highest BCUT2D eigenvalue weighted by Gasteiger charge is 2.38. The molecule has 6 heteroatoms. The zero-order valence-corrected chi connectivity index (χ0v) is 10.5. The van der Waals surface area contributed by atoms with Gasteiger partial charge < -0.3 is 0 Å². The third kappa shape index (κ3) is 2.59. The van der Waals surface area contributed by atoms with E-state index in [9.17, 15) is 0 Å². The molecule has 1 heterocycles. The van der Waals surface area contributed by atoms with Crippen LogP contribution in [0.25, 0.3) is 0 Å². The van der Waals surface area contributed by atoms with E-state index < -0.39 is 3.92 Å². The first-order valence-corrected chi connectivity index (χ1v) is 5.80. The first kappa shape index (κ1) is 12.2. The highest BCUT2D eigenvalue weighted by molar-refractivity contribution is 6.67. The van der Waals surface area contributed by atoms with E-state index in [-0.39, 0.29) is 6.17 Å². The van der Waals surface area contributed by atoms with Gasteiger partial charge in [-0.25, -0.2) is 0 Å². The van der Waals surface area contributed by atoms with Gasteiger partial charge in [0.1, 0.15) is 12.5 Å². The zero-order chi connectivity index (χ0) is 10.8. The van der Waals surface area contributed by atoms with Gasteiger partial charge in [-0.1, -0.05) is 48.7 Å². The summed E-state index contributed by atoms with van der Waals surface area (Å²) in [5, 5.41) is 6.15. The van der Waals surface area contributed by atoms with Crippen LogP contribution in [0.5, 0.6) is 0 Å². The van der Waals surface area contributed by atoms with Crippen LogP contribution < -0.4 is 0 Å². The molecule has 1 aliphatic heterocycles. The van der Waals surface area contributed by atoms with Crippen LogP contribution in [0.2, 0.25) is 0 Å². The quantitative estimate of drug-likeness (QED) is 0.572. The lowest BCUT2D eigenvalue weighted by atomic mass is 10.3. The fraction of sp³-hybridized carbons (Fsp3) is 0.875. The summed E-state index contributed by atoms with van der Waals surface area (Å²) >= 11 is 17.5. The highest BCUT2D eigenvalue weighted by atomic mass is 35.6. The summed E-state index contributed by atoms with van der Waals surface area (Å²) in [7, 11) is 0. The number of nitrogens with zero attached hydrogens (tertiary/aromatic N) is 3. The Bertz CT molecular complexity index is 214. The summed E-state index contributed by atoms with van der Waals surface area (Å²) in [5.41, 5.74) is 0. The molecule has 1 atom stereocenters. The molecule has 14 heavy (non-hydrogen) atoms. The summed E-state index contributed by atoms with van der Waals surface area (Å²) in [6.45, 7) is 5.03. The molecule has 0 aromatic heterocycles. The monoisotopic (exact) mass is 257 g/mol. The van der Waals surface area contributed by atoms with Gasteiger partial charge in [-0.05, 0) is 12.8 Å². The third-order valence-electron chi connectivity index (χ3n) is 2.10. The van der Waals surface area contributed by atoms with Crippen LogP contribution in [0.3, 0.4) is 0 Å². The fourth-order valence-electron chi connectivity index (χ4n) is 1.50. The van der Waals surface area contributed by atoms with Crippen molar-refractivity contribution in [2.75, 3.05) is 6.54 Å². The lowest BCUT2D eigenvalue weighted by molar-refractivity contribution is 0.125. The van der Waals surface area contributed by atoms with Crippen molar-refractivity contribution < 1.29 is 0 Å². The molecular formula is C8H14Cl3N3. The van der Waals surface area contributed by atoms with Crippen molar-refractivity contribution >= 4 is 41.1 Å². The number of alkyl halides is 3. The van der Waals surface area contributed by atoms with Crippen LogP contribution in [-0.4, -0.2) is 32.9 Å². The van der Waals surface area contributed by atoms with E-state index in [1.807, 2.05) is 11.9 Å². The summed E-state index contributed by atoms with van der Waals surface area (Å²) < 4.78 is -1.41. The first-order valence-electron chi connectivity index (χ1n) is 4.66. The smallest absolute Gasteiger partial charge is 0.270 e. The van der Waals surface area contributed by atoms with Gasteiger partial charge in [0.25, 0.3) is 3.92 Å². The Morgan fingerprint density at radius 2 is 2.00 bits per heavy atom. The van der Waals surface area contributed by atoms with Gasteiger partial charge in [-0.3, -0.25) is 9.91 Å². The zero-order valence-electron chi connectivity index (χ0n) is 8.25. The Balaban J connectivity index is 2.69. The van der Waals surface area contributed by atoms with Gasteiger partial charge in [0.05, 0.1) is 0 Å². The molecule has 0 spiro atoms. The van der Waals surface area contributed by atoms with Gasteiger partial charge in [-0.2, -0.15) is 5.10 Å². The average molecular weight is 259 g/mol. The van der Waals surface area contributed by atoms with E-state index in [1.54, 1.807) is 11.2 Å². The van der Waals surface area contributed by atoms with Crippen molar-refractivity contribution in [3.63, 3.8) is 0 Å². The molecule has 82 valence electrons. The number of rotatable bonds is 3. The Morgan fingerprint density at radius 3 is 2.43 bits per heavy atom. The van der Waals surface area contributed by atoms with Crippen LogP contribution in [0, 0.1) is 0 Å². The summed E-state index contributed by atoms with van der Waals surface area (Å²) in [6, 6.07) is 0. The molecule has 0 fully saturated rings. The van der Waals surface area contributed by atoms with Crippen LogP contribution in [0.1, 0.15) is 26.7 Å². The molecular weight excluding hydrogens is 244 g/mol. The van der Waals surface area contributed by atoms with Crippen molar-refractivity contribution in [2.45, 2.75) is 36.8 Å². The van der Waals surface area contributed by atoms with E-state index in [4.69, 9.17) is 34.8 Å². The second kappa shape index (κ2) is 4.77. The number of hydrogen-bond acceptors (Lipinski definition) is 3. The molecule has 0 amide bonds. The summed E-state index contributed by atoms with van der Waals surface area (Å²) in [4.78, 5) is 1.65. The van der Waals surface area contributed by atoms with Crippen LogP contribution in [-0.2, 0) is 0 Å². The predicted octanol–water partition coefficient (Wildman–Crippen LogP) is 3.02. The molecule has 0 saturated heterocycles. The van der Waals surface area contributed by atoms with Gasteiger partial charge in [0.15, 0.2) is 0 Å². The molecule has 0 aromatic carbocycles. The Kier molecular flexibility index (Phi) is 4.16. The molecule has 0 bridgehead atoms. The number of hydrogen-bond donors (Lipinski definition) is 0. The molecule has 1 unspecified atom stereocenters. The maximum absolute atomic E-state index is 5.82. The van der Waals surface area contributed by atoms with E-state index >= 15 is 0 Å². The number of hydrazone groups is 1. The molecule has 0 aromatic rings. The summed E-state index contributed by atoms with van der Waals surface area (Å²) in [5.74, 6) is 0. The standard InChI is InChI=1S/C8H14Cl3N3/c1-3-5-14-7(4-2)13(6-12-14)8(9,10)11/h6-7H,3-5H2,1-2H3. The molecule has 3 nitrogen and oxygen atoms in total. The minimum absolute atomic E-state index is 0.0578. The molecule has 0 N–H and O–H groups in total. The van der Waals surface area contributed by atoms with Crippen molar-refractivity contribution in [1.82, 2.24) is 9.91 Å². The Morgan fingerprint density at radius 1 is 1.36 bits per heavy atom. The van der Waals surface area contributed by atoms with Crippen molar-refractivity contribution in [3.8, 4) is 0 Å². The lowest BCUT2D eigenvalue weighted by Gasteiger charge is -2.33. The van der Waals surface area contributed by atoms with Crippen LogP contribution in [0.15, 0.2) is 5.10 Å². The molecule has 0 aliphatic carbocycles. The van der Waals surface area contributed by atoms with Gasteiger partial charge in [-0.15, -0.1) is 0 Å². The second-order valence-electron chi connectivity index (χ2n) is 3.16. The van der Waals surface area contributed by atoms with E-state index in [2.05, 4.69) is 12.0 Å². The third-order valence-corrected chi connectivity index (χ3v) is 2.69. The minimum atomic E-state index is -1.41. The molecule has 1 rings (SSSR count). The maximum Gasteiger partial charge on any atom is 0.270 e. The van der Waals surface area contributed by atoms with Crippen molar-refractivity contribution in [3.05, 3.63) is 0 Å². The van der Waals surface area contributed by atoms with E-state index in [0.29, 0.717) is 0 Å². The van der Waals surface area contributed by atoms with Crippen LogP contribution in [0.4, 0.5) is 0 Å². The SMILES string of the molecule is CCCN1N=CN(C(Cl)(Cl)Cl)C1CC. The topological polar surface area (TPSA) is 18.8 Å². The minimum Gasteiger partial charge on any atom is -0.295 e. The first-order chi connectivity index (χ1) is 6.50. The van der Waals surface area contributed by atoms with E-state index in [1.165, 1.54) is 0 Å². The fourth-order valence-corrected chi connectivity index (χ4v) is 1.97. The predicted molar refractivity (Wildman–Crippen MR) is 61.7 cm³/mol. The van der Waals surface area contributed by atoms with E-state index in [0.717, 1.165) is 19.4 Å². The second-order valence-corrected chi connectivity index (χ2v) is 5.38. The number of halogens is 3. The van der Waals surface area contributed by atoms with Gasteiger partial charge >= 0.3 is 0 Å². The largest absolute Gasteiger partial charge is 0.295 e. The summed E-state index contributed by atoms with van der Waals surface area (Å²) in [6.07, 6.45) is 3.55. The molecule has 0 saturated carbocycles. The Hall–Kier alpha value is 0.140. The molecule has 1 aliphatic rings. The normalized spacial score (nSPS) is 22.2. The van der Waals surface area contributed by atoms with Gasteiger partial charge in [0.2, 0.25) is 0 Å².